The van der Waals surface area contributed by atoms with E-state index in [4.69, 9.17) is 0 Å². The van der Waals surface area contributed by atoms with E-state index in [-0.39, 0.29) is 0 Å². The van der Waals surface area contributed by atoms with Gasteiger partial charge in [-0.3, -0.25) is 0 Å². The van der Waals surface area contributed by atoms with Crippen molar-refractivity contribution in [3.63, 3.8) is 0 Å². The molecule has 0 aliphatic rings. The summed E-state index contributed by atoms with van der Waals surface area (Å²) in [5.74, 6) is 0. The molecule has 0 saturated heterocycles. The second kappa shape index (κ2) is 5.61. The van der Waals surface area contributed by atoms with Crippen LogP contribution in [0.25, 0.3) is 0 Å². The minimum atomic E-state index is 1.09. The summed E-state index contributed by atoms with van der Waals surface area (Å²) in [6.07, 6.45) is 5.34. The lowest BCUT2D eigenvalue weighted by Crippen LogP contribution is -1.84. The van der Waals surface area contributed by atoms with Gasteiger partial charge in [-0.1, -0.05) is 37.9 Å². The van der Waals surface area contributed by atoms with Crippen LogP contribution in [0.4, 0.5) is 0 Å². The molecule has 0 amide bonds. The summed E-state index contributed by atoms with van der Waals surface area (Å²) in [6.45, 7) is 3.71. The summed E-state index contributed by atoms with van der Waals surface area (Å²) in [6, 6.07) is 6.37. The van der Waals surface area contributed by atoms with Crippen molar-refractivity contribution in [2.75, 3.05) is 0 Å². The number of benzene rings is 1. The molecule has 2 heteroatoms. The van der Waals surface area contributed by atoms with Crippen molar-refractivity contribution in [3.8, 4) is 0 Å². The van der Waals surface area contributed by atoms with Crippen LogP contribution in [0.3, 0.4) is 0 Å². The zero-order valence-corrected chi connectivity index (χ0v) is 10.6. The first-order valence-corrected chi connectivity index (χ1v) is 5.87. The molecule has 0 atom stereocenters. The van der Waals surface area contributed by atoms with Crippen LogP contribution >= 0.6 is 31.9 Å². The predicted molar refractivity (Wildman–Crippen MR) is 65.0 cm³/mol. The summed E-state index contributed by atoms with van der Waals surface area (Å²) in [4.78, 5) is 0. The van der Waals surface area contributed by atoms with Crippen molar-refractivity contribution in [2.45, 2.75) is 19.3 Å². The van der Waals surface area contributed by atoms with Gasteiger partial charge in [-0.2, -0.15) is 0 Å². The second-order valence-electron chi connectivity index (χ2n) is 2.96. The van der Waals surface area contributed by atoms with Crippen molar-refractivity contribution >= 4 is 31.9 Å². The number of allylic oxidation sites excluding steroid dienone is 1. The number of rotatable bonds is 4. The maximum atomic E-state index is 3.71. The highest BCUT2D eigenvalue weighted by atomic mass is 79.9. The quantitative estimate of drug-likeness (QED) is 0.558. The summed E-state index contributed by atoms with van der Waals surface area (Å²) < 4.78 is 2.27. The maximum Gasteiger partial charge on any atom is 0.0189 e. The number of aryl methyl sites for hydroxylation is 1. The van der Waals surface area contributed by atoms with Crippen LogP contribution in [-0.2, 0) is 6.42 Å². The second-order valence-corrected chi connectivity index (χ2v) is 4.79. The topological polar surface area (TPSA) is 0 Å². The van der Waals surface area contributed by atoms with Crippen LogP contribution in [0.2, 0.25) is 0 Å². The first-order valence-electron chi connectivity index (χ1n) is 4.28. The average molecular weight is 304 g/mol. The Kier molecular flexibility index (Phi) is 4.74. The lowest BCUT2D eigenvalue weighted by Gasteiger charge is -2.01. The molecule has 1 aromatic rings. The standard InChI is InChI=1S/C11H12Br2/c1-2-3-4-5-9-6-10(12)8-11(13)7-9/h2,6-8H,1,3-5H2. The number of unbranched alkanes of at least 4 members (excludes halogenated alkanes) is 1. The van der Waals surface area contributed by atoms with Gasteiger partial charge < -0.3 is 0 Å². The van der Waals surface area contributed by atoms with E-state index in [2.05, 4.69) is 56.6 Å². The minimum absolute atomic E-state index is 1.09. The molecule has 0 aliphatic carbocycles. The Hall–Kier alpha value is -0.0800. The Morgan fingerprint density at radius 1 is 1.15 bits per heavy atom. The van der Waals surface area contributed by atoms with Crippen molar-refractivity contribution in [1.29, 1.82) is 0 Å². The van der Waals surface area contributed by atoms with Gasteiger partial charge in [-0.15, -0.1) is 6.58 Å². The largest absolute Gasteiger partial charge is 0.103 e. The van der Waals surface area contributed by atoms with Gasteiger partial charge in [-0.05, 0) is 43.0 Å². The van der Waals surface area contributed by atoms with Crippen LogP contribution in [0.15, 0.2) is 39.8 Å². The summed E-state index contributed by atoms with van der Waals surface area (Å²) >= 11 is 6.94. The predicted octanol–water partition coefficient (Wildman–Crippen LogP) is 4.72. The van der Waals surface area contributed by atoms with Gasteiger partial charge in [-0.25, -0.2) is 0 Å². The molecule has 1 aromatic carbocycles. The van der Waals surface area contributed by atoms with Crippen molar-refractivity contribution in [2.24, 2.45) is 0 Å². The molecule has 1 rings (SSSR count). The first kappa shape index (κ1) is 11.0. The normalized spacial score (nSPS) is 10.0. The fourth-order valence-electron chi connectivity index (χ4n) is 1.21. The molecule has 0 nitrogen and oxygen atoms in total. The highest BCUT2D eigenvalue weighted by Crippen LogP contribution is 2.21. The van der Waals surface area contributed by atoms with Crippen molar-refractivity contribution < 1.29 is 0 Å². The molecule has 0 radical (unpaired) electrons. The molecular formula is C11H12Br2. The van der Waals surface area contributed by atoms with E-state index in [9.17, 15) is 0 Å². The Balaban J connectivity index is 2.60. The van der Waals surface area contributed by atoms with E-state index >= 15 is 0 Å². The molecule has 0 fully saturated rings. The third kappa shape index (κ3) is 4.10. The van der Waals surface area contributed by atoms with Gasteiger partial charge >= 0.3 is 0 Å². The molecule has 0 aromatic heterocycles. The molecule has 13 heavy (non-hydrogen) atoms. The monoisotopic (exact) mass is 302 g/mol. The van der Waals surface area contributed by atoms with Crippen molar-refractivity contribution in [3.05, 3.63) is 45.4 Å². The maximum absolute atomic E-state index is 3.71. The molecular weight excluding hydrogens is 292 g/mol. The minimum Gasteiger partial charge on any atom is -0.103 e. The number of halogens is 2. The Labute approximate surface area is 96.3 Å². The molecule has 0 spiro atoms. The zero-order chi connectivity index (χ0) is 9.68. The summed E-state index contributed by atoms with van der Waals surface area (Å²) in [7, 11) is 0. The Bertz CT molecular complexity index is 272. The third-order valence-electron chi connectivity index (χ3n) is 1.80. The molecule has 0 N–H and O–H groups in total. The fourth-order valence-corrected chi connectivity index (χ4v) is 2.59. The zero-order valence-electron chi connectivity index (χ0n) is 7.39. The van der Waals surface area contributed by atoms with E-state index in [0.717, 1.165) is 21.8 Å². The number of hydrogen-bond donors (Lipinski definition) is 0. The SMILES string of the molecule is C=CCCCc1cc(Br)cc(Br)c1. The van der Waals surface area contributed by atoms with Gasteiger partial charge in [0.05, 0.1) is 0 Å². The first-order chi connectivity index (χ1) is 6.22. The number of hydrogen-bond acceptors (Lipinski definition) is 0. The smallest absolute Gasteiger partial charge is 0.0189 e. The van der Waals surface area contributed by atoms with Gasteiger partial charge in [0.15, 0.2) is 0 Å². The van der Waals surface area contributed by atoms with Crippen LogP contribution < -0.4 is 0 Å². The highest BCUT2D eigenvalue weighted by molar-refractivity contribution is 9.11. The van der Waals surface area contributed by atoms with E-state index in [1.807, 2.05) is 6.08 Å². The molecule has 0 bridgehead atoms. The lowest BCUT2D eigenvalue weighted by molar-refractivity contribution is 0.843. The molecule has 70 valence electrons. The lowest BCUT2D eigenvalue weighted by atomic mass is 10.1. The fraction of sp³-hybridized carbons (Fsp3) is 0.273. The third-order valence-corrected chi connectivity index (χ3v) is 2.71. The van der Waals surface area contributed by atoms with Crippen molar-refractivity contribution in [1.82, 2.24) is 0 Å². The van der Waals surface area contributed by atoms with Crippen LogP contribution in [0.5, 0.6) is 0 Å². The van der Waals surface area contributed by atoms with Crippen LogP contribution in [0.1, 0.15) is 18.4 Å². The summed E-state index contributed by atoms with van der Waals surface area (Å²) in [5.41, 5.74) is 1.36. The Morgan fingerprint density at radius 3 is 2.31 bits per heavy atom. The molecule has 0 aliphatic heterocycles. The Morgan fingerprint density at radius 2 is 1.77 bits per heavy atom. The van der Waals surface area contributed by atoms with E-state index in [0.29, 0.717) is 0 Å². The van der Waals surface area contributed by atoms with E-state index < -0.39 is 0 Å². The van der Waals surface area contributed by atoms with Gasteiger partial charge in [0.2, 0.25) is 0 Å². The van der Waals surface area contributed by atoms with Crippen LogP contribution in [0, 0.1) is 0 Å². The molecule has 0 saturated carbocycles. The molecule has 0 unspecified atom stereocenters. The average Bonchev–Trinajstić information content (AvgIpc) is 2.03. The summed E-state index contributed by atoms with van der Waals surface area (Å²) in [5, 5.41) is 0. The van der Waals surface area contributed by atoms with Gasteiger partial charge in [0.1, 0.15) is 0 Å². The highest BCUT2D eigenvalue weighted by Gasteiger charge is 1.96. The van der Waals surface area contributed by atoms with Gasteiger partial charge in [0.25, 0.3) is 0 Å². The molecule has 0 heterocycles. The van der Waals surface area contributed by atoms with E-state index in [1.54, 1.807) is 0 Å². The van der Waals surface area contributed by atoms with Crippen LogP contribution in [-0.4, -0.2) is 0 Å². The van der Waals surface area contributed by atoms with Gasteiger partial charge in [0, 0.05) is 8.95 Å². The van der Waals surface area contributed by atoms with E-state index in [1.165, 1.54) is 12.0 Å².